The van der Waals surface area contributed by atoms with E-state index in [9.17, 15) is 43.2 Å². The maximum atomic E-state index is 13.1. The first kappa shape index (κ1) is 97.1. The van der Waals surface area contributed by atoms with Gasteiger partial charge in [-0.15, -0.1) is 0 Å². The summed E-state index contributed by atoms with van der Waals surface area (Å²) in [7, 11) is -9.92. The second-order valence-electron chi connectivity index (χ2n) is 30.0. The lowest BCUT2D eigenvalue weighted by atomic mass is 9.99. The minimum absolute atomic E-state index is 0.101. The number of ether oxygens (including phenoxy) is 4. The average Bonchev–Trinajstić information content (AvgIpc) is 1.08. The van der Waals surface area contributed by atoms with Gasteiger partial charge in [-0.25, -0.2) is 9.13 Å². The zero-order valence-corrected chi connectivity index (χ0v) is 66.9. The fourth-order valence-electron chi connectivity index (χ4n) is 12.2. The highest BCUT2D eigenvalue weighted by atomic mass is 31.2. The number of aliphatic hydroxyl groups is 1. The topological polar surface area (TPSA) is 237 Å². The largest absolute Gasteiger partial charge is 0.472 e. The van der Waals surface area contributed by atoms with Crippen molar-refractivity contribution in [2.45, 2.75) is 427 Å². The van der Waals surface area contributed by atoms with Gasteiger partial charge in [0, 0.05) is 25.7 Å². The third-order valence-electron chi connectivity index (χ3n) is 19.7. The van der Waals surface area contributed by atoms with Crippen molar-refractivity contribution in [3.63, 3.8) is 0 Å². The van der Waals surface area contributed by atoms with Gasteiger partial charge in [-0.2, -0.15) is 0 Å². The molecule has 0 aromatic rings. The predicted molar refractivity (Wildman–Crippen MR) is 404 cm³/mol. The molecule has 0 aliphatic carbocycles. The van der Waals surface area contributed by atoms with E-state index >= 15 is 0 Å². The second-order valence-corrected chi connectivity index (χ2v) is 32.9. The third-order valence-corrected chi connectivity index (χ3v) is 21.6. The smallest absolute Gasteiger partial charge is 0.462 e. The number of esters is 4. The van der Waals surface area contributed by atoms with Crippen molar-refractivity contribution in [2.75, 3.05) is 39.6 Å². The summed E-state index contributed by atoms with van der Waals surface area (Å²) in [5, 5.41) is 10.6. The molecule has 0 radical (unpaired) electrons. The average molecular weight is 1450 g/mol. The van der Waals surface area contributed by atoms with Crippen molar-refractivity contribution in [3.8, 4) is 0 Å². The van der Waals surface area contributed by atoms with Gasteiger partial charge in [0.15, 0.2) is 12.2 Å². The Morgan fingerprint density at radius 3 is 0.717 bits per heavy atom. The van der Waals surface area contributed by atoms with Gasteiger partial charge in [0.1, 0.15) is 19.3 Å². The van der Waals surface area contributed by atoms with Crippen LogP contribution in [0, 0.1) is 23.7 Å². The summed E-state index contributed by atoms with van der Waals surface area (Å²) >= 11 is 0. The fourth-order valence-corrected chi connectivity index (χ4v) is 13.7. The fraction of sp³-hybridized carbons (Fsp3) is 0.950. The molecule has 0 heterocycles. The first-order chi connectivity index (χ1) is 47.7. The van der Waals surface area contributed by atoms with E-state index in [0.29, 0.717) is 31.6 Å². The Bertz CT molecular complexity index is 1940. The van der Waals surface area contributed by atoms with Crippen LogP contribution in [0.15, 0.2) is 0 Å². The zero-order valence-electron chi connectivity index (χ0n) is 65.1. The summed E-state index contributed by atoms with van der Waals surface area (Å²) in [6, 6.07) is 0. The normalized spacial score (nSPS) is 14.9. The van der Waals surface area contributed by atoms with Crippen LogP contribution in [0.25, 0.3) is 0 Å². The number of phosphoric ester groups is 2. The highest BCUT2D eigenvalue weighted by molar-refractivity contribution is 7.47. The van der Waals surface area contributed by atoms with Gasteiger partial charge < -0.3 is 33.8 Å². The predicted octanol–water partition coefficient (Wildman–Crippen LogP) is 23.6. The van der Waals surface area contributed by atoms with Crippen molar-refractivity contribution in [1.82, 2.24) is 0 Å². The van der Waals surface area contributed by atoms with Crippen LogP contribution in [0.3, 0.4) is 0 Å². The number of rotatable bonds is 77. The number of carbonyl (C=O) groups is 4. The molecular weight excluding hydrogens is 1290 g/mol. The lowest BCUT2D eigenvalue weighted by Crippen LogP contribution is -2.30. The van der Waals surface area contributed by atoms with Gasteiger partial charge in [-0.3, -0.25) is 37.3 Å². The monoisotopic (exact) mass is 1450 g/mol. The summed E-state index contributed by atoms with van der Waals surface area (Å²) in [4.78, 5) is 72.8. The van der Waals surface area contributed by atoms with E-state index in [4.69, 9.17) is 37.0 Å². The first-order valence-corrected chi connectivity index (χ1v) is 44.3. The van der Waals surface area contributed by atoms with Crippen molar-refractivity contribution >= 4 is 39.5 Å². The van der Waals surface area contributed by atoms with Crippen LogP contribution in [0.5, 0.6) is 0 Å². The van der Waals surface area contributed by atoms with Gasteiger partial charge >= 0.3 is 39.5 Å². The highest BCUT2D eigenvalue weighted by Crippen LogP contribution is 2.45. The third kappa shape index (κ3) is 70.2. The Balaban J connectivity index is 5.19. The highest BCUT2D eigenvalue weighted by Gasteiger charge is 2.30. The van der Waals surface area contributed by atoms with Crippen molar-refractivity contribution < 1.29 is 80.2 Å². The second kappa shape index (κ2) is 69.1. The molecule has 0 fully saturated rings. The molecule has 0 amide bonds. The van der Waals surface area contributed by atoms with Gasteiger partial charge in [-0.1, -0.05) is 357 Å². The molecule has 588 valence electrons. The zero-order chi connectivity index (χ0) is 73.1. The Kier molecular flexibility index (Phi) is 67.8. The molecule has 0 aromatic heterocycles. The SMILES string of the molecule is CCC(C)CCCCCCCCCCCCCCCCCCCCC(=O)O[C@H](COC(=O)CCCCCCCCCCCCCCCCC(C)CC)COP(=O)(O)OC[C@@H](O)COP(=O)(O)OC[C@@H](COC(=O)CCCCCCCCC(C)CC)OC(=O)CCCCCCCCC(C)C. The van der Waals surface area contributed by atoms with Gasteiger partial charge in [0.2, 0.25) is 0 Å². The lowest BCUT2D eigenvalue weighted by Gasteiger charge is -2.21. The van der Waals surface area contributed by atoms with Crippen molar-refractivity contribution in [2.24, 2.45) is 23.7 Å². The summed E-state index contributed by atoms with van der Waals surface area (Å²) in [6.45, 7) is 14.2. The molecule has 0 spiro atoms. The number of phosphoric acid groups is 2. The minimum Gasteiger partial charge on any atom is -0.462 e. The summed E-state index contributed by atoms with van der Waals surface area (Å²) < 4.78 is 68.6. The summed E-state index contributed by atoms with van der Waals surface area (Å²) in [5.74, 6) is 0.999. The van der Waals surface area contributed by atoms with E-state index in [1.54, 1.807) is 0 Å². The van der Waals surface area contributed by atoms with Crippen LogP contribution < -0.4 is 0 Å². The number of unbranched alkanes of at least 4 members (excludes halogenated alkanes) is 40. The summed E-state index contributed by atoms with van der Waals surface area (Å²) in [5.41, 5.74) is 0. The van der Waals surface area contributed by atoms with E-state index in [2.05, 4.69) is 55.4 Å². The molecule has 0 saturated heterocycles. The molecule has 3 N–H and O–H groups in total. The Labute approximate surface area is 607 Å². The Morgan fingerprint density at radius 1 is 0.283 bits per heavy atom. The Morgan fingerprint density at radius 2 is 0.485 bits per heavy atom. The minimum atomic E-state index is -4.96. The quantitative estimate of drug-likeness (QED) is 0.0222. The number of carbonyl (C=O) groups excluding carboxylic acids is 4. The van der Waals surface area contributed by atoms with Crippen molar-refractivity contribution in [3.05, 3.63) is 0 Å². The molecule has 0 aliphatic rings. The van der Waals surface area contributed by atoms with Crippen molar-refractivity contribution in [1.29, 1.82) is 0 Å². The number of aliphatic hydroxyl groups excluding tert-OH is 1. The van der Waals surface area contributed by atoms with E-state index < -0.39 is 97.5 Å². The van der Waals surface area contributed by atoms with E-state index in [-0.39, 0.29) is 25.7 Å². The Hall–Kier alpha value is -1.94. The van der Waals surface area contributed by atoms with Crippen LogP contribution in [-0.2, 0) is 65.4 Å². The number of hydrogen-bond acceptors (Lipinski definition) is 15. The first-order valence-electron chi connectivity index (χ1n) is 41.3. The molecule has 0 aliphatic heterocycles. The molecular formula is C80H156O17P2. The summed E-state index contributed by atoms with van der Waals surface area (Å²) in [6.07, 6.45) is 55.8. The molecule has 99 heavy (non-hydrogen) atoms. The van der Waals surface area contributed by atoms with Gasteiger partial charge in [0.05, 0.1) is 26.4 Å². The van der Waals surface area contributed by atoms with Crippen LogP contribution in [0.1, 0.15) is 409 Å². The maximum absolute atomic E-state index is 13.1. The van der Waals surface area contributed by atoms with E-state index in [0.717, 1.165) is 114 Å². The molecule has 0 rings (SSSR count). The standard InChI is InChI=1S/C80H156O17P2/c1-9-71(6)57-49-41-32-28-24-20-16-14-12-13-15-17-23-27-31-35-46-54-62-79(84)96-75(66-90-77(82)60-52-44-34-30-26-22-19-18-21-25-29-33-42-50-58-72(7)10-2)68-94-98(86,87)92-64-74(81)65-93-99(88,89)95-69-76(97-80(85)63-55-47-38-36-40-48-56-70(4)5)67-91-78(83)61-53-45-39-37-43-51-59-73(8)11-3/h70-76,81H,9-69H2,1-8H3,(H,86,87)(H,88,89)/t71?,72?,73?,74-,75-,76-/m1/s1. The van der Waals surface area contributed by atoms with E-state index in [1.807, 2.05) is 0 Å². The molecule has 5 unspecified atom stereocenters. The van der Waals surface area contributed by atoms with Crippen LogP contribution in [-0.4, -0.2) is 96.7 Å². The maximum Gasteiger partial charge on any atom is 0.472 e. The van der Waals surface area contributed by atoms with Crippen LogP contribution >= 0.6 is 15.6 Å². The van der Waals surface area contributed by atoms with Gasteiger partial charge in [-0.05, 0) is 49.4 Å². The molecule has 0 saturated carbocycles. The molecule has 17 nitrogen and oxygen atoms in total. The molecule has 8 atom stereocenters. The van der Waals surface area contributed by atoms with E-state index in [1.165, 1.54) is 205 Å². The molecule has 0 bridgehead atoms. The lowest BCUT2D eigenvalue weighted by molar-refractivity contribution is -0.161. The van der Waals surface area contributed by atoms with Gasteiger partial charge in [0.25, 0.3) is 0 Å². The van der Waals surface area contributed by atoms with Crippen LogP contribution in [0.2, 0.25) is 0 Å². The number of hydrogen-bond donors (Lipinski definition) is 3. The van der Waals surface area contributed by atoms with Crippen LogP contribution in [0.4, 0.5) is 0 Å². The molecule has 19 heteroatoms. The molecule has 0 aromatic carbocycles.